The molecule has 0 aromatic carbocycles. The largest absolute Gasteiger partial charge is 0.480 e. The van der Waals surface area contributed by atoms with Crippen molar-refractivity contribution in [1.29, 1.82) is 0 Å². The van der Waals surface area contributed by atoms with Gasteiger partial charge in [0.1, 0.15) is 6.04 Å². The maximum absolute atomic E-state index is 11.7. The lowest BCUT2D eigenvalue weighted by atomic mass is 10.3. The number of hydrogen-bond donors (Lipinski definition) is 4. The highest BCUT2D eigenvalue weighted by Crippen LogP contribution is 2.19. The van der Waals surface area contributed by atoms with Gasteiger partial charge < -0.3 is 15.5 Å². The van der Waals surface area contributed by atoms with Crippen LogP contribution in [0, 0.1) is 0 Å². The maximum Gasteiger partial charge on any atom is 0.324 e. The third-order valence-electron chi connectivity index (χ3n) is 1.70. The van der Waals surface area contributed by atoms with Crippen LogP contribution in [-0.2, 0) is 19.6 Å². The summed E-state index contributed by atoms with van der Waals surface area (Å²) in [6.45, 7) is 0.298. The average Bonchev–Trinajstić information content (AvgIpc) is 2.73. The Morgan fingerprint density at radius 3 is 2.53 bits per heavy atom. The lowest BCUT2D eigenvalue weighted by Crippen LogP contribution is -2.43. The third-order valence-corrected chi connectivity index (χ3v) is 4.38. The van der Waals surface area contributed by atoms with Crippen LogP contribution in [0.1, 0.15) is 6.92 Å². The molecule has 1 aromatic rings. The smallest absolute Gasteiger partial charge is 0.324 e. The number of nitrogens with one attached hydrogen (secondary N) is 2. The summed E-state index contributed by atoms with van der Waals surface area (Å²) in [5, 5.41) is 26.3. The van der Waals surface area contributed by atoms with Crippen molar-refractivity contribution in [1.82, 2.24) is 14.9 Å². The van der Waals surface area contributed by atoms with E-state index in [0.29, 0.717) is 11.3 Å². The molecule has 0 spiro atoms. The van der Waals surface area contributed by atoms with Crippen molar-refractivity contribution in [3.63, 3.8) is 0 Å². The highest BCUT2D eigenvalue weighted by molar-refractivity contribution is 7.91. The summed E-state index contributed by atoms with van der Waals surface area (Å²) in [7, 11) is -4.23. The summed E-state index contributed by atoms with van der Waals surface area (Å²) in [4.78, 5) is 21.4. The molecule has 1 atom stereocenters. The number of rotatable bonds is 6. The van der Waals surface area contributed by atoms with Crippen LogP contribution in [0.5, 0.6) is 0 Å². The van der Waals surface area contributed by atoms with Gasteiger partial charge in [-0.3, -0.25) is 9.59 Å². The van der Waals surface area contributed by atoms with Crippen molar-refractivity contribution in [2.75, 3.05) is 11.9 Å². The van der Waals surface area contributed by atoms with Crippen molar-refractivity contribution < 1.29 is 28.2 Å². The van der Waals surface area contributed by atoms with E-state index >= 15 is 0 Å². The molecule has 0 aliphatic rings. The fourth-order valence-electron chi connectivity index (χ4n) is 0.923. The average molecular weight is 310 g/mol. The van der Waals surface area contributed by atoms with E-state index in [0.717, 1.165) is 0 Å². The number of anilines is 1. The van der Waals surface area contributed by atoms with Crippen molar-refractivity contribution in [3.8, 4) is 0 Å². The number of carbonyl (C=O) groups is 2. The van der Waals surface area contributed by atoms with Crippen LogP contribution in [-0.4, -0.2) is 53.4 Å². The summed E-state index contributed by atoms with van der Waals surface area (Å²) in [6, 6.07) is -1.68. The summed E-state index contributed by atoms with van der Waals surface area (Å²) in [6.07, 6.45) is 0. The molecule has 1 aromatic heterocycles. The molecule has 1 rings (SSSR count). The van der Waals surface area contributed by atoms with Gasteiger partial charge in [0, 0.05) is 6.92 Å². The zero-order valence-electron chi connectivity index (χ0n) is 9.52. The molecule has 0 saturated heterocycles. The van der Waals surface area contributed by atoms with E-state index in [2.05, 4.69) is 15.5 Å². The zero-order valence-corrected chi connectivity index (χ0v) is 11.2. The summed E-state index contributed by atoms with van der Waals surface area (Å²) in [5.74, 6) is -1.98. The van der Waals surface area contributed by atoms with Gasteiger partial charge in [-0.1, -0.05) is 11.3 Å². The number of nitrogens with zero attached hydrogens (tertiary/aromatic N) is 2. The van der Waals surface area contributed by atoms with E-state index in [-0.39, 0.29) is 5.13 Å². The Morgan fingerprint density at radius 2 is 2.05 bits per heavy atom. The molecule has 0 aliphatic carbocycles. The number of carbonyl (C=O) groups excluding carboxylic acids is 1. The van der Waals surface area contributed by atoms with Crippen molar-refractivity contribution >= 4 is 38.4 Å². The number of amides is 1. The van der Waals surface area contributed by atoms with Gasteiger partial charge in [0.25, 0.3) is 10.0 Å². The first kappa shape index (κ1) is 15.4. The Bertz CT molecular complexity index is 582. The summed E-state index contributed by atoms with van der Waals surface area (Å²) >= 11 is 0.553. The molecule has 12 heteroatoms. The highest BCUT2D eigenvalue weighted by atomic mass is 32.2. The molecular weight excluding hydrogens is 300 g/mol. The molecular formula is C7H10N4O6S2. The minimum Gasteiger partial charge on any atom is -0.480 e. The van der Waals surface area contributed by atoms with E-state index < -0.39 is 38.9 Å². The van der Waals surface area contributed by atoms with Crippen LogP contribution in [0.15, 0.2) is 4.34 Å². The molecule has 0 bridgehead atoms. The Hall–Kier alpha value is -1.63. The Morgan fingerprint density at radius 1 is 1.42 bits per heavy atom. The Balaban J connectivity index is 2.91. The first-order valence-electron chi connectivity index (χ1n) is 4.73. The first-order valence-corrected chi connectivity index (χ1v) is 7.03. The maximum atomic E-state index is 11.7. The molecule has 0 aliphatic heterocycles. The fraction of sp³-hybridized carbons (Fsp3) is 0.429. The fourth-order valence-corrected chi connectivity index (χ4v) is 3.07. The predicted octanol–water partition coefficient (Wildman–Crippen LogP) is -1.78. The lowest BCUT2D eigenvalue weighted by molar-refractivity contribution is -0.139. The second kappa shape index (κ2) is 6.01. The molecule has 0 unspecified atom stereocenters. The normalized spacial score (nSPS) is 12.9. The third kappa shape index (κ3) is 4.20. The van der Waals surface area contributed by atoms with E-state index in [4.69, 9.17) is 10.2 Å². The molecule has 0 fully saturated rings. The van der Waals surface area contributed by atoms with Gasteiger partial charge in [-0.25, -0.2) is 8.42 Å². The predicted molar refractivity (Wildman–Crippen MR) is 63.0 cm³/mol. The minimum absolute atomic E-state index is 0.0382. The van der Waals surface area contributed by atoms with Crippen LogP contribution in [0.2, 0.25) is 0 Å². The van der Waals surface area contributed by atoms with Gasteiger partial charge in [0.15, 0.2) is 0 Å². The number of carboxylic acid groups (broad SMARTS) is 1. The van der Waals surface area contributed by atoms with Gasteiger partial charge in [0.05, 0.1) is 6.61 Å². The Labute approximate surface area is 111 Å². The summed E-state index contributed by atoms with van der Waals surface area (Å²) < 4.78 is 24.7. The zero-order chi connectivity index (χ0) is 14.6. The van der Waals surface area contributed by atoms with Crippen LogP contribution < -0.4 is 10.0 Å². The van der Waals surface area contributed by atoms with E-state index in [1.54, 1.807) is 4.72 Å². The topological polar surface area (TPSA) is 159 Å². The van der Waals surface area contributed by atoms with Crippen LogP contribution in [0.4, 0.5) is 5.13 Å². The second-order valence-electron chi connectivity index (χ2n) is 3.25. The number of sulfonamides is 1. The molecule has 19 heavy (non-hydrogen) atoms. The molecule has 10 nitrogen and oxygen atoms in total. The number of aliphatic hydroxyl groups is 1. The Kier molecular flexibility index (Phi) is 4.88. The molecule has 1 amide bonds. The SMILES string of the molecule is CC(=O)Nc1nnc(S(=O)(=O)N[C@@H](CO)C(=O)O)s1. The lowest BCUT2D eigenvalue weighted by Gasteiger charge is -2.09. The second-order valence-corrected chi connectivity index (χ2v) is 6.11. The van der Waals surface area contributed by atoms with Crippen LogP contribution >= 0.6 is 11.3 Å². The van der Waals surface area contributed by atoms with Gasteiger partial charge >= 0.3 is 5.97 Å². The van der Waals surface area contributed by atoms with Crippen molar-refractivity contribution in [3.05, 3.63) is 0 Å². The first-order chi connectivity index (χ1) is 8.76. The summed E-state index contributed by atoms with van der Waals surface area (Å²) in [5.41, 5.74) is 0. The highest BCUT2D eigenvalue weighted by Gasteiger charge is 2.27. The van der Waals surface area contributed by atoms with Crippen LogP contribution in [0.25, 0.3) is 0 Å². The molecule has 4 N–H and O–H groups in total. The van der Waals surface area contributed by atoms with Gasteiger partial charge in [-0.05, 0) is 0 Å². The van der Waals surface area contributed by atoms with Crippen LogP contribution in [0.3, 0.4) is 0 Å². The van der Waals surface area contributed by atoms with Crippen molar-refractivity contribution in [2.45, 2.75) is 17.3 Å². The number of hydrogen-bond acceptors (Lipinski definition) is 8. The van der Waals surface area contributed by atoms with E-state index in [1.165, 1.54) is 6.92 Å². The number of aliphatic hydroxyl groups excluding tert-OH is 1. The minimum atomic E-state index is -4.23. The molecule has 0 radical (unpaired) electrons. The van der Waals surface area contributed by atoms with Crippen molar-refractivity contribution in [2.24, 2.45) is 0 Å². The molecule has 106 valence electrons. The number of aliphatic carboxylic acids is 1. The van der Waals surface area contributed by atoms with E-state index in [1.807, 2.05) is 0 Å². The molecule has 1 heterocycles. The number of aromatic nitrogens is 2. The van der Waals surface area contributed by atoms with Gasteiger partial charge in [-0.15, -0.1) is 10.2 Å². The molecule has 0 saturated carbocycles. The van der Waals surface area contributed by atoms with Gasteiger partial charge in [0.2, 0.25) is 15.4 Å². The van der Waals surface area contributed by atoms with E-state index in [9.17, 15) is 18.0 Å². The quantitative estimate of drug-likeness (QED) is 0.449. The monoisotopic (exact) mass is 310 g/mol. The van der Waals surface area contributed by atoms with Gasteiger partial charge in [-0.2, -0.15) is 4.72 Å². The number of carboxylic acids is 1. The standard InChI is InChI=1S/C7H10N4O6S2/c1-3(13)8-6-9-10-7(18-6)19(16,17)11-4(2-12)5(14)15/h4,11-12H,2H2,1H3,(H,14,15)(H,8,9,13)/t4-/m0/s1.